The molecule has 3 N–H and O–H groups in total. The van der Waals surface area contributed by atoms with E-state index in [9.17, 15) is 19.2 Å². The third kappa shape index (κ3) is 8.23. The van der Waals surface area contributed by atoms with Crippen LogP contribution >= 0.6 is 27.7 Å². The van der Waals surface area contributed by atoms with Crippen LogP contribution in [0.5, 0.6) is 0 Å². The maximum atomic E-state index is 13.5. The lowest BCUT2D eigenvalue weighted by Crippen LogP contribution is -2.30. The second-order valence-corrected chi connectivity index (χ2v) is 13.0. The van der Waals surface area contributed by atoms with Gasteiger partial charge < -0.3 is 16.0 Å². The number of halogens is 1. The van der Waals surface area contributed by atoms with E-state index < -0.39 is 17.1 Å². The van der Waals surface area contributed by atoms with Crippen molar-refractivity contribution in [1.82, 2.24) is 14.7 Å². The Labute approximate surface area is 291 Å². The second kappa shape index (κ2) is 15.6. The van der Waals surface area contributed by atoms with Crippen LogP contribution in [0, 0.1) is 6.92 Å². The minimum Gasteiger partial charge on any atom is -0.321 e. The van der Waals surface area contributed by atoms with Crippen LogP contribution in [0.2, 0.25) is 0 Å². The summed E-state index contributed by atoms with van der Waals surface area (Å²) < 4.78 is 4.12. The fourth-order valence-electron chi connectivity index (χ4n) is 4.92. The molecule has 1 heterocycles. The smallest absolute Gasteiger partial charge is 0.295 e. The number of benzene rings is 4. The van der Waals surface area contributed by atoms with E-state index in [1.807, 2.05) is 73.7 Å². The van der Waals surface area contributed by atoms with Crippen molar-refractivity contribution in [3.8, 4) is 5.69 Å². The molecule has 0 saturated carbocycles. The van der Waals surface area contributed by atoms with Gasteiger partial charge in [-0.3, -0.25) is 23.9 Å². The molecule has 0 bridgehead atoms. The molecule has 0 aliphatic heterocycles. The van der Waals surface area contributed by atoms with E-state index in [1.54, 1.807) is 67.2 Å². The first kappa shape index (κ1) is 34.2. The van der Waals surface area contributed by atoms with Gasteiger partial charge in [-0.2, -0.15) is 0 Å². The molecule has 11 heteroatoms. The predicted molar refractivity (Wildman–Crippen MR) is 195 cm³/mol. The predicted octanol–water partition coefficient (Wildman–Crippen LogP) is 7.17. The fraction of sp³-hybridized carbons (Fsp3) is 0.135. The average Bonchev–Trinajstić information content (AvgIpc) is 3.31. The van der Waals surface area contributed by atoms with Crippen molar-refractivity contribution in [2.24, 2.45) is 7.05 Å². The lowest BCUT2D eigenvalue weighted by molar-refractivity contribution is -0.116. The summed E-state index contributed by atoms with van der Waals surface area (Å²) in [7, 11) is 1.78. The summed E-state index contributed by atoms with van der Waals surface area (Å²) in [6, 6.07) is 32.4. The number of carbonyl (C=O) groups excluding carboxylic acids is 3. The van der Waals surface area contributed by atoms with Crippen molar-refractivity contribution >= 4 is 62.9 Å². The largest absolute Gasteiger partial charge is 0.321 e. The van der Waals surface area contributed by atoms with Gasteiger partial charge in [-0.05, 0) is 79.6 Å². The first-order chi connectivity index (χ1) is 23.1. The van der Waals surface area contributed by atoms with Gasteiger partial charge in [0, 0.05) is 27.7 Å². The Kier molecular flexibility index (Phi) is 11.1. The zero-order valence-electron chi connectivity index (χ0n) is 26.6. The molecule has 9 nitrogen and oxygen atoms in total. The average molecular weight is 725 g/mol. The number of aromatic nitrogens is 2. The molecule has 5 aromatic rings. The number of thioether (sulfide) groups is 1. The van der Waals surface area contributed by atoms with Crippen LogP contribution in [0.25, 0.3) is 11.8 Å². The van der Waals surface area contributed by atoms with Crippen molar-refractivity contribution < 1.29 is 14.4 Å². The van der Waals surface area contributed by atoms with Gasteiger partial charge in [0.2, 0.25) is 5.91 Å². The Morgan fingerprint density at radius 3 is 2.21 bits per heavy atom. The van der Waals surface area contributed by atoms with Gasteiger partial charge in [-0.15, -0.1) is 11.8 Å². The highest BCUT2D eigenvalue weighted by molar-refractivity contribution is 9.10. The number of nitrogens with zero attached hydrogens (tertiary/aromatic N) is 2. The van der Waals surface area contributed by atoms with E-state index in [-0.39, 0.29) is 22.9 Å². The van der Waals surface area contributed by atoms with Gasteiger partial charge >= 0.3 is 0 Å². The van der Waals surface area contributed by atoms with E-state index in [4.69, 9.17) is 0 Å². The fourth-order valence-corrected chi connectivity index (χ4v) is 6.19. The Balaban J connectivity index is 1.32. The molecule has 244 valence electrons. The summed E-state index contributed by atoms with van der Waals surface area (Å²) in [4.78, 5) is 54.1. The van der Waals surface area contributed by atoms with Crippen LogP contribution in [0.1, 0.15) is 35.0 Å². The molecule has 1 atom stereocenters. The van der Waals surface area contributed by atoms with Crippen molar-refractivity contribution in [3.63, 3.8) is 0 Å². The highest BCUT2D eigenvalue weighted by Gasteiger charge is 2.24. The zero-order chi connectivity index (χ0) is 34.2. The first-order valence-electron chi connectivity index (χ1n) is 15.2. The van der Waals surface area contributed by atoms with Crippen LogP contribution in [0.3, 0.4) is 0 Å². The molecule has 5 rings (SSSR count). The Bertz CT molecular complexity index is 2020. The lowest BCUT2D eigenvalue weighted by atomic mass is 10.1. The Hall–Kier alpha value is -5.13. The molecular weight excluding hydrogens is 690 g/mol. The zero-order valence-corrected chi connectivity index (χ0v) is 29.0. The second-order valence-electron chi connectivity index (χ2n) is 10.9. The van der Waals surface area contributed by atoms with Crippen LogP contribution in [0.15, 0.2) is 129 Å². The normalized spacial score (nSPS) is 11.9. The number of anilines is 2. The Morgan fingerprint density at radius 1 is 0.875 bits per heavy atom. The summed E-state index contributed by atoms with van der Waals surface area (Å²) in [5, 5.41) is 7.98. The standard InChI is InChI=1S/C37H34BrN5O4S/c1-4-32(36(46)41-33-24(2)42(3)43(37(33)47)29-15-9-6-10-16-29)48-30-17-11-14-28(23-30)39-35(45)31(22-25-18-20-27(38)21-19-25)40-34(44)26-12-7-5-8-13-26/h5-23,32H,4H2,1-3H3,(H,39,45)(H,40,44)(H,41,46)/b31-22+. The molecule has 1 unspecified atom stereocenters. The lowest BCUT2D eigenvalue weighted by Gasteiger charge is -2.15. The number of hydrogen-bond acceptors (Lipinski definition) is 5. The number of carbonyl (C=O) groups is 3. The summed E-state index contributed by atoms with van der Waals surface area (Å²) in [6.45, 7) is 3.69. The molecular formula is C37H34BrN5O4S. The summed E-state index contributed by atoms with van der Waals surface area (Å²) in [6.07, 6.45) is 2.10. The molecule has 48 heavy (non-hydrogen) atoms. The topological polar surface area (TPSA) is 114 Å². The Morgan fingerprint density at radius 2 is 1.54 bits per heavy atom. The molecule has 1 aromatic heterocycles. The summed E-state index contributed by atoms with van der Waals surface area (Å²) in [5.74, 6) is -1.23. The number of para-hydroxylation sites is 1. The van der Waals surface area contributed by atoms with Crippen LogP contribution in [-0.2, 0) is 16.6 Å². The SMILES string of the molecule is CCC(Sc1cccc(NC(=O)/C(=C\c2ccc(Br)cc2)NC(=O)c2ccccc2)c1)C(=O)Nc1c(C)n(C)n(-c2ccccc2)c1=O. The molecule has 0 radical (unpaired) electrons. The maximum absolute atomic E-state index is 13.5. The summed E-state index contributed by atoms with van der Waals surface area (Å²) in [5.41, 5.74) is 2.94. The first-order valence-corrected chi connectivity index (χ1v) is 16.9. The highest BCUT2D eigenvalue weighted by Crippen LogP contribution is 2.29. The van der Waals surface area contributed by atoms with Crippen LogP contribution in [-0.4, -0.2) is 32.3 Å². The molecule has 4 aromatic carbocycles. The number of rotatable bonds is 11. The van der Waals surface area contributed by atoms with Gasteiger partial charge in [0.1, 0.15) is 11.4 Å². The van der Waals surface area contributed by atoms with Gasteiger partial charge in [0.25, 0.3) is 17.4 Å². The van der Waals surface area contributed by atoms with Crippen LogP contribution in [0.4, 0.5) is 11.4 Å². The number of hydrogen-bond donors (Lipinski definition) is 3. The van der Waals surface area contributed by atoms with Crippen molar-refractivity contribution in [3.05, 3.63) is 147 Å². The van der Waals surface area contributed by atoms with E-state index >= 15 is 0 Å². The van der Waals surface area contributed by atoms with E-state index in [0.717, 1.165) is 14.9 Å². The van der Waals surface area contributed by atoms with Gasteiger partial charge in [0.15, 0.2) is 0 Å². The highest BCUT2D eigenvalue weighted by atomic mass is 79.9. The molecule has 0 spiro atoms. The molecule has 0 fully saturated rings. The minimum absolute atomic E-state index is 0.0643. The number of nitrogens with one attached hydrogen (secondary N) is 3. The number of amides is 3. The van der Waals surface area contributed by atoms with E-state index in [0.29, 0.717) is 29.1 Å². The van der Waals surface area contributed by atoms with Gasteiger partial charge in [-0.1, -0.05) is 77.5 Å². The molecule has 0 aliphatic rings. The van der Waals surface area contributed by atoms with Gasteiger partial charge in [-0.25, -0.2) is 4.68 Å². The van der Waals surface area contributed by atoms with Crippen molar-refractivity contribution in [2.45, 2.75) is 30.4 Å². The molecule has 3 amide bonds. The quantitative estimate of drug-likeness (QED) is 0.0989. The third-order valence-electron chi connectivity index (χ3n) is 7.55. The maximum Gasteiger partial charge on any atom is 0.295 e. The van der Waals surface area contributed by atoms with E-state index in [1.165, 1.54) is 16.4 Å². The van der Waals surface area contributed by atoms with Crippen LogP contribution < -0.4 is 21.5 Å². The van der Waals surface area contributed by atoms with E-state index in [2.05, 4.69) is 31.9 Å². The minimum atomic E-state index is -0.516. The van der Waals surface area contributed by atoms with Crippen molar-refractivity contribution in [1.29, 1.82) is 0 Å². The molecule has 0 saturated heterocycles. The monoisotopic (exact) mass is 723 g/mol. The summed E-state index contributed by atoms with van der Waals surface area (Å²) >= 11 is 4.74. The molecule has 0 aliphatic carbocycles. The third-order valence-corrected chi connectivity index (χ3v) is 9.43. The van der Waals surface area contributed by atoms with Gasteiger partial charge in [0.05, 0.1) is 16.6 Å². The van der Waals surface area contributed by atoms with Crippen molar-refractivity contribution in [2.75, 3.05) is 10.6 Å².